The number of furan rings is 1. The zero-order valence-electron chi connectivity index (χ0n) is 18.0. The highest BCUT2D eigenvalue weighted by Crippen LogP contribution is 2.20. The first-order chi connectivity index (χ1) is 16.2. The number of nitrogens with zero attached hydrogens (tertiary/aromatic N) is 8. The van der Waals surface area contributed by atoms with E-state index in [1.807, 2.05) is 24.4 Å². The van der Waals surface area contributed by atoms with E-state index < -0.39 is 0 Å². The number of para-hydroxylation sites is 1. The second-order valence-corrected chi connectivity index (χ2v) is 8.16. The Labute approximate surface area is 189 Å². The smallest absolute Gasteiger partial charge is 0.259 e. The number of benzene rings is 1. The Bertz CT molecular complexity index is 1410. The van der Waals surface area contributed by atoms with E-state index in [0.717, 1.165) is 44.7 Å². The molecule has 0 spiro atoms. The van der Waals surface area contributed by atoms with Crippen LogP contribution in [0.1, 0.15) is 12.0 Å². The standard InChI is InChI=1S/C23H23N9O/c24-21-27-22(28-23-26-20(29-32(21)23)19-7-3-12-33-19)31-9-4-8-30(10-11-31)15-16-13-17-5-1-2-6-18(17)25-14-16/h1-3,5-7,12-14H,4,8-11,15H2,(H2,24,26,27,28,29). The number of anilines is 2. The van der Waals surface area contributed by atoms with Gasteiger partial charge in [-0.15, -0.1) is 5.10 Å². The molecule has 0 saturated carbocycles. The molecule has 0 amide bonds. The normalized spacial score (nSPS) is 15.3. The minimum absolute atomic E-state index is 0.253. The molecule has 5 heterocycles. The van der Waals surface area contributed by atoms with Crippen LogP contribution in [-0.2, 0) is 6.54 Å². The van der Waals surface area contributed by atoms with E-state index in [9.17, 15) is 0 Å². The lowest BCUT2D eigenvalue weighted by molar-refractivity contribution is 0.285. The minimum Gasteiger partial charge on any atom is -0.461 e. The highest BCUT2D eigenvalue weighted by atomic mass is 16.3. The Balaban J connectivity index is 1.19. The predicted molar refractivity (Wildman–Crippen MR) is 125 cm³/mol. The van der Waals surface area contributed by atoms with Gasteiger partial charge in [-0.2, -0.15) is 19.5 Å². The van der Waals surface area contributed by atoms with Crippen molar-refractivity contribution in [1.82, 2.24) is 34.4 Å². The van der Waals surface area contributed by atoms with Crippen LogP contribution in [0.4, 0.5) is 11.9 Å². The van der Waals surface area contributed by atoms with Crippen LogP contribution in [0.3, 0.4) is 0 Å². The fourth-order valence-corrected chi connectivity index (χ4v) is 4.24. The van der Waals surface area contributed by atoms with Gasteiger partial charge in [0.15, 0.2) is 5.76 Å². The molecule has 6 rings (SSSR count). The predicted octanol–water partition coefficient (Wildman–Crippen LogP) is 2.62. The van der Waals surface area contributed by atoms with Crippen LogP contribution >= 0.6 is 0 Å². The Hall–Kier alpha value is -4.05. The highest BCUT2D eigenvalue weighted by molar-refractivity contribution is 5.78. The average molecular weight is 441 g/mol. The molecule has 0 atom stereocenters. The maximum absolute atomic E-state index is 6.18. The molecule has 0 bridgehead atoms. The molecular weight excluding hydrogens is 418 g/mol. The molecule has 2 N–H and O–H groups in total. The summed E-state index contributed by atoms with van der Waals surface area (Å²) < 4.78 is 6.83. The van der Waals surface area contributed by atoms with E-state index in [1.165, 1.54) is 15.5 Å². The number of hydrogen-bond donors (Lipinski definition) is 1. The lowest BCUT2D eigenvalue weighted by Gasteiger charge is -2.22. The first-order valence-electron chi connectivity index (χ1n) is 11.0. The van der Waals surface area contributed by atoms with Crippen molar-refractivity contribution in [2.45, 2.75) is 13.0 Å². The second kappa shape index (κ2) is 8.14. The third kappa shape index (κ3) is 3.85. The summed E-state index contributed by atoms with van der Waals surface area (Å²) in [7, 11) is 0. The summed E-state index contributed by atoms with van der Waals surface area (Å²) in [5.41, 5.74) is 8.42. The number of rotatable bonds is 4. The third-order valence-electron chi connectivity index (χ3n) is 5.89. The highest BCUT2D eigenvalue weighted by Gasteiger charge is 2.20. The number of nitrogen functional groups attached to an aromatic ring is 1. The van der Waals surface area contributed by atoms with Gasteiger partial charge >= 0.3 is 0 Å². The Morgan fingerprint density at radius 1 is 0.970 bits per heavy atom. The number of fused-ring (bicyclic) bond motifs is 2. The average Bonchev–Trinajstić information content (AvgIpc) is 3.46. The zero-order chi connectivity index (χ0) is 22.2. The number of aromatic nitrogens is 6. The fourth-order valence-electron chi connectivity index (χ4n) is 4.24. The van der Waals surface area contributed by atoms with Gasteiger partial charge in [0, 0.05) is 44.3 Å². The SMILES string of the molecule is Nc1nc(N2CCCN(Cc3cnc4ccccc4c3)CC2)nc2nc(-c3ccco3)nn12. The molecule has 166 valence electrons. The zero-order valence-corrected chi connectivity index (χ0v) is 18.0. The second-order valence-electron chi connectivity index (χ2n) is 8.16. The largest absolute Gasteiger partial charge is 0.461 e. The lowest BCUT2D eigenvalue weighted by atomic mass is 10.1. The fraction of sp³-hybridized carbons (Fsp3) is 0.261. The number of hydrogen-bond acceptors (Lipinski definition) is 9. The van der Waals surface area contributed by atoms with Crippen molar-refractivity contribution in [2.24, 2.45) is 0 Å². The molecule has 1 saturated heterocycles. The van der Waals surface area contributed by atoms with E-state index in [1.54, 1.807) is 18.4 Å². The van der Waals surface area contributed by atoms with Crippen LogP contribution in [0, 0.1) is 0 Å². The van der Waals surface area contributed by atoms with Crippen LogP contribution in [0.2, 0.25) is 0 Å². The summed E-state index contributed by atoms with van der Waals surface area (Å²) in [5.74, 6) is 2.24. The van der Waals surface area contributed by atoms with E-state index in [0.29, 0.717) is 23.3 Å². The van der Waals surface area contributed by atoms with Crippen LogP contribution in [-0.4, -0.2) is 60.6 Å². The number of nitrogens with two attached hydrogens (primary N) is 1. The quantitative estimate of drug-likeness (QED) is 0.449. The van der Waals surface area contributed by atoms with E-state index in [4.69, 9.17) is 10.2 Å². The van der Waals surface area contributed by atoms with Gasteiger partial charge in [0.1, 0.15) is 0 Å². The summed E-state index contributed by atoms with van der Waals surface area (Å²) in [4.78, 5) is 22.8. The van der Waals surface area contributed by atoms with Gasteiger partial charge < -0.3 is 15.1 Å². The summed E-state index contributed by atoms with van der Waals surface area (Å²) in [6, 6.07) is 14.0. The van der Waals surface area contributed by atoms with Crippen molar-refractivity contribution in [1.29, 1.82) is 0 Å². The molecule has 33 heavy (non-hydrogen) atoms. The summed E-state index contributed by atoms with van der Waals surface area (Å²) in [5, 5.41) is 5.54. The van der Waals surface area contributed by atoms with Crippen molar-refractivity contribution in [2.75, 3.05) is 36.8 Å². The maximum Gasteiger partial charge on any atom is 0.259 e. The van der Waals surface area contributed by atoms with E-state index in [-0.39, 0.29) is 5.95 Å². The van der Waals surface area contributed by atoms with Gasteiger partial charge in [0.05, 0.1) is 11.8 Å². The molecule has 10 nitrogen and oxygen atoms in total. The maximum atomic E-state index is 6.18. The monoisotopic (exact) mass is 441 g/mol. The summed E-state index contributed by atoms with van der Waals surface area (Å²) in [6.07, 6.45) is 4.56. The van der Waals surface area contributed by atoms with Gasteiger partial charge in [0.2, 0.25) is 17.7 Å². The first kappa shape index (κ1) is 19.6. The van der Waals surface area contributed by atoms with Crippen molar-refractivity contribution in [3.63, 3.8) is 0 Å². The molecule has 1 aliphatic heterocycles. The Morgan fingerprint density at radius 2 is 1.91 bits per heavy atom. The molecule has 5 aromatic rings. The molecule has 0 unspecified atom stereocenters. The molecule has 10 heteroatoms. The molecule has 4 aromatic heterocycles. The van der Waals surface area contributed by atoms with Crippen LogP contribution in [0.25, 0.3) is 28.3 Å². The molecule has 1 fully saturated rings. The molecule has 1 aliphatic rings. The molecule has 1 aromatic carbocycles. The summed E-state index contributed by atoms with van der Waals surface area (Å²) >= 11 is 0. The molecule has 0 radical (unpaired) electrons. The van der Waals surface area contributed by atoms with Crippen molar-refractivity contribution in [3.8, 4) is 11.6 Å². The van der Waals surface area contributed by atoms with Gasteiger partial charge in [-0.25, -0.2) is 0 Å². The first-order valence-corrected chi connectivity index (χ1v) is 11.0. The van der Waals surface area contributed by atoms with Crippen LogP contribution in [0.15, 0.2) is 59.3 Å². The lowest BCUT2D eigenvalue weighted by Crippen LogP contribution is -2.32. The van der Waals surface area contributed by atoms with Gasteiger partial charge in [-0.3, -0.25) is 9.88 Å². The Morgan fingerprint density at radius 3 is 2.82 bits per heavy atom. The topological polar surface area (TPSA) is 114 Å². The van der Waals surface area contributed by atoms with Crippen molar-refractivity contribution < 1.29 is 4.42 Å². The Kier molecular flexibility index (Phi) is 4.84. The minimum atomic E-state index is 0.253. The van der Waals surface area contributed by atoms with Gasteiger partial charge in [0.25, 0.3) is 5.78 Å². The molecular formula is C23H23N9O. The third-order valence-corrected chi connectivity index (χ3v) is 5.89. The van der Waals surface area contributed by atoms with Crippen molar-refractivity contribution >= 4 is 28.6 Å². The van der Waals surface area contributed by atoms with E-state index in [2.05, 4.69) is 47.0 Å². The number of pyridine rings is 1. The van der Waals surface area contributed by atoms with Crippen LogP contribution < -0.4 is 10.6 Å². The van der Waals surface area contributed by atoms with E-state index >= 15 is 0 Å². The van der Waals surface area contributed by atoms with Gasteiger partial charge in [-0.05, 0) is 36.2 Å². The van der Waals surface area contributed by atoms with Crippen molar-refractivity contribution in [3.05, 3.63) is 60.5 Å². The van der Waals surface area contributed by atoms with Gasteiger partial charge in [-0.1, -0.05) is 18.2 Å². The van der Waals surface area contributed by atoms with Crippen LogP contribution in [0.5, 0.6) is 0 Å². The summed E-state index contributed by atoms with van der Waals surface area (Å²) in [6.45, 7) is 4.40. The molecule has 0 aliphatic carbocycles.